The molecule has 1 aliphatic heterocycles. The van der Waals surface area contributed by atoms with Gasteiger partial charge in [0, 0.05) is 31.9 Å². The molecular formula is C23H30FN3O2. The first kappa shape index (κ1) is 21.4. The molecule has 29 heavy (non-hydrogen) atoms. The normalized spacial score (nSPS) is 17.3. The van der Waals surface area contributed by atoms with Gasteiger partial charge in [0.05, 0.1) is 18.8 Å². The summed E-state index contributed by atoms with van der Waals surface area (Å²) in [5.74, 6) is -0.0720. The van der Waals surface area contributed by atoms with E-state index >= 15 is 0 Å². The van der Waals surface area contributed by atoms with E-state index in [2.05, 4.69) is 9.88 Å². The second-order valence-electron chi connectivity index (χ2n) is 7.51. The number of aryl methyl sites for hydroxylation is 1. The van der Waals surface area contributed by atoms with E-state index in [0.29, 0.717) is 26.1 Å². The molecule has 1 fully saturated rings. The van der Waals surface area contributed by atoms with Crippen molar-refractivity contribution in [1.82, 2.24) is 14.8 Å². The lowest BCUT2D eigenvalue weighted by atomic mass is 10.0. The fourth-order valence-corrected chi connectivity index (χ4v) is 3.81. The molecule has 2 heterocycles. The number of carbonyl (C=O) groups excluding carboxylic acids is 1. The van der Waals surface area contributed by atoms with Gasteiger partial charge in [-0.2, -0.15) is 0 Å². The van der Waals surface area contributed by atoms with Crippen LogP contribution in [0.5, 0.6) is 0 Å². The molecule has 1 aromatic carbocycles. The predicted molar refractivity (Wildman–Crippen MR) is 111 cm³/mol. The highest BCUT2D eigenvalue weighted by Gasteiger charge is 2.26. The van der Waals surface area contributed by atoms with Gasteiger partial charge >= 0.3 is 0 Å². The molecule has 0 bridgehead atoms. The van der Waals surface area contributed by atoms with Crippen LogP contribution in [0.2, 0.25) is 0 Å². The lowest BCUT2D eigenvalue weighted by molar-refractivity contribution is -0.134. The van der Waals surface area contributed by atoms with E-state index in [1.807, 2.05) is 43.9 Å². The number of hydrogen-bond donors (Lipinski definition) is 0. The van der Waals surface area contributed by atoms with Gasteiger partial charge in [0.15, 0.2) is 0 Å². The van der Waals surface area contributed by atoms with Gasteiger partial charge < -0.3 is 9.64 Å². The molecular weight excluding hydrogens is 369 g/mol. The maximum Gasteiger partial charge on any atom is 0.236 e. The van der Waals surface area contributed by atoms with Crippen LogP contribution in [-0.2, 0) is 16.0 Å². The van der Waals surface area contributed by atoms with Crippen molar-refractivity contribution in [3.8, 4) is 0 Å². The first-order valence-corrected chi connectivity index (χ1v) is 10.3. The smallest absolute Gasteiger partial charge is 0.236 e. The Kier molecular flexibility index (Phi) is 7.34. The Hall–Kier alpha value is -2.31. The molecule has 0 aliphatic carbocycles. The van der Waals surface area contributed by atoms with Crippen molar-refractivity contribution in [2.24, 2.45) is 0 Å². The molecule has 1 saturated heterocycles. The zero-order chi connectivity index (χ0) is 20.8. The number of benzene rings is 1. The summed E-state index contributed by atoms with van der Waals surface area (Å²) in [4.78, 5) is 21.1. The van der Waals surface area contributed by atoms with E-state index in [1.54, 1.807) is 12.1 Å². The molecule has 156 valence electrons. The zero-order valence-electron chi connectivity index (χ0n) is 17.5. The Balaban J connectivity index is 1.71. The van der Waals surface area contributed by atoms with Gasteiger partial charge in [-0.3, -0.25) is 14.7 Å². The summed E-state index contributed by atoms with van der Waals surface area (Å²) >= 11 is 0. The maximum atomic E-state index is 13.5. The van der Waals surface area contributed by atoms with Crippen LogP contribution in [0.15, 0.2) is 36.4 Å². The molecule has 0 radical (unpaired) electrons. The Labute approximate surface area is 172 Å². The van der Waals surface area contributed by atoms with Crippen LogP contribution in [-0.4, -0.2) is 60.0 Å². The standard InChI is InChI=1S/C23H30FN3O2/c1-4-27(5-2)23(28)16-26-9-10-29-22(15-26)21-14-19(11-17(3)25-21)12-18-7-6-8-20(24)13-18/h6-8,11,13-14,22H,4-5,9-10,12,15-16H2,1-3H3/t22-/m1/s1. The Morgan fingerprint density at radius 2 is 2.03 bits per heavy atom. The SMILES string of the molecule is CCN(CC)C(=O)CN1CCO[C@@H](c2cc(Cc3cccc(F)c3)cc(C)n2)C1. The average Bonchev–Trinajstić information content (AvgIpc) is 2.69. The predicted octanol–water partition coefficient (Wildman–Crippen LogP) is 3.36. The number of pyridine rings is 1. The Morgan fingerprint density at radius 1 is 1.24 bits per heavy atom. The minimum absolute atomic E-state index is 0.152. The number of amides is 1. The van der Waals surface area contributed by atoms with Crippen LogP contribution in [0.4, 0.5) is 4.39 Å². The summed E-state index contributed by atoms with van der Waals surface area (Å²) in [5, 5.41) is 0. The van der Waals surface area contributed by atoms with Crippen molar-refractivity contribution >= 4 is 5.91 Å². The molecule has 1 aromatic heterocycles. The summed E-state index contributed by atoms with van der Waals surface area (Å²) in [6.45, 7) is 9.78. The van der Waals surface area contributed by atoms with Gasteiger partial charge in [-0.25, -0.2) is 4.39 Å². The third kappa shape index (κ3) is 5.84. The van der Waals surface area contributed by atoms with E-state index in [1.165, 1.54) is 6.07 Å². The highest BCUT2D eigenvalue weighted by atomic mass is 19.1. The quantitative estimate of drug-likeness (QED) is 0.716. The van der Waals surface area contributed by atoms with Crippen LogP contribution in [0.3, 0.4) is 0 Å². The fraction of sp³-hybridized carbons (Fsp3) is 0.478. The largest absolute Gasteiger partial charge is 0.369 e. The molecule has 6 heteroatoms. The van der Waals surface area contributed by atoms with E-state index in [9.17, 15) is 9.18 Å². The Bertz CT molecular complexity index is 839. The number of likely N-dealkylation sites (N-methyl/N-ethyl adjacent to an activating group) is 1. The summed E-state index contributed by atoms with van der Waals surface area (Å²) < 4.78 is 19.5. The first-order chi connectivity index (χ1) is 14.0. The molecule has 1 aliphatic rings. The van der Waals surface area contributed by atoms with Gasteiger partial charge in [-0.05, 0) is 62.6 Å². The molecule has 1 amide bonds. The van der Waals surface area contributed by atoms with Crippen molar-refractivity contribution in [1.29, 1.82) is 0 Å². The fourth-order valence-electron chi connectivity index (χ4n) is 3.81. The van der Waals surface area contributed by atoms with Crippen molar-refractivity contribution in [2.75, 3.05) is 39.3 Å². The second kappa shape index (κ2) is 9.94. The van der Waals surface area contributed by atoms with E-state index in [4.69, 9.17) is 4.74 Å². The third-order valence-electron chi connectivity index (χ3n) is 5.29. The van der Waals surface area contributed by atoms with Gasteiger partial charge in [0.1, 0.15) is 11.9 Å². The van der Waals surface area contributed by atoms with Crippen LogP contribution >= 0.6 is 0 Å². The van der Waals surface area contributed by atoms with Crippen LogP contribution in [0.1, 0.15) is 42.5 Å². The van der Waals surface area contributed by atoms with Gasteiger partial charge in [-0.1, -0.05) is 12.1 Å². The van der Waals surface area contributed by atoms with E-state index < -0.39 is 0 Å². The first-order valence-electron chi connectivity index (χ1n) is 10.3. The molecule has 3 rings (SSSR count). The van der Waals surface area contributed by atoms with Crippen LogP contribution in [0.25, 0.3) is 0 Å². The minimum Gasteiger partial charge on any atom is -0.369 e. The molecule has 5 nitrogen and oxygen atoms in total. The number of hydrogen-bond acceptors (Lipinski definition) is 4. The lowest BCUT2D eigenvalue weighted by Crippen LogP contribution is -2.45. The van der Waals surface area contributed by atoms with Crippen molar-refractivity contribution in [2.45, 2.75) is 33.3 Å². The molecule has 0 N–H and O–H groups in total. The third-order valence-corrected chi connectivity index (χ3v) is 5.29. The van der Waals surface area contributed by atoms with Crippen molar-refractivity contribution < 1.29 is 13.9 Å². The number of carbonyl (C=O) groups is 1. The molecule has 0 spiro atoms. The average molecular weight is 400 g/mol. The number of halogens is 1. The van der Waals surface area contributed by atoms with Gasteiger partial charge in [0.25, 0.3) is 0 Å². The minimum atomic E-state index is -0.224. The highest BCUT2D eigenvalue weighted by molar-refractivity contribution is 5.78. The number of ether oxygens (including phenoxy) is 1. The topological polar surface area (TPSA) is 45.7 Å². The molecule has 2 aromatic rings. The van der Waals surface area contributed by atoms with Crippen molar-refractivity contribution in [3.05, 3.63) is 64.7 Å². The zero-order valence-corrected chi connectivity index (χ0v) is 17.5. The molecule has 0 saturated carbocycles. The van der Waals surface area contributed by atoms with E-state index in [0.717, 1.165) is 42.1 Å². The van der Waals surface area contributed by atoms with Crippen LogP contribution in [0, 0.1) is 12.7 Å². The van der Waals surface area contributed by atoms with Gasteiger partial charge in [-0.15, -0.1) is 0 Å². The highest BCUT2D eigenvalue weighted by Crippen LogP contribution is 2.23. The van der Waals surface area contributed by atoms with Crippen LogP contribution < -0.4 is 0 Å². The summed E-state index contributed by atoms with van der Waals surface area (Å²) in [7, 11) is 0. The summed E-state index contributed by atoms with van der Waals surface area (Å²) in [5.41, 5.74) is 3.79. The molecule has 0 unspecified atom stereocenters. The summed E-state index contributed by atoms with van der Waals surface area (Å²) in [6.07, 6.45) is 0.477. The maximum absolute atomic E-state index is 13.5. The van der Waals surface area contributed by atoms with E-state index in [-0.39, 0.29) is 17.8 Å². The number of nitrogens with zero attached hydrogens (tertiary/aromatic N) is 3. The number of morpholine rings is 1. The Morgan fingerprint density at radius 3 is 2.76 bits per heavy atom. The summed E-state index contributed by atoms with van der Waals surface area (Å²) in [6, 6.07) is 10.7. The monoisotopic (exact) mass is 399 g/mol. The number of aromatic nitrogens is 1. The lowest BCUT2D eigenvalue weighted by Gasteiger charge is -2.33. The van der Waals surface area contributed by atoms with Gasteiger partial charge in [0.2, 0.25) is 5.91 Å². The second-order valence-corrected chi connectivity index (χ2v) is 7.51. The van der Waals surface area contributed by atoms with Crippen molar-refractivity contribution in [3.63, 3.8) is 0 Å². The molecule has 1 atom stereocenters. The number of rotatable bonds is 7.